The molecule has 0 atom stereocenters. The first-order valence-electron chi connectivity index (χ1n) is 9.26. The lowest BCUT2D eigenvalue weighted by atomic mass is 10.1. The van der Waals surface area contributed by atoms with Gasteiger partial charge in [-0.05, 0) is 28.5 Å². The minimum absolute atomic E-state index is 0.00983. The van der Waals surface area contributed by atoms with E-state index in [1.54, 1.807) is 54.6 Å². The van der Waals surface area contributed by atoms with E-state index in [1.165, 1.54) is 6.08 Å². The molecule has 0 bridgehead atoms. The van der Waals surface area contributed by atoms with Crippen LogP contribution in [0.2, 0.25) is 0 Å². The lowest BCUT2D eigenvalue weighted by Gasteiger charge is -2.09. The largest absolute Gasteiger partial charge is 0.417 e. The molecule has 0 saturated heterocycles. The van der Waals surface area contributed by atoms with Gasteiger partial charge in [0.2, 0.25) is 9.84 Å². The highest BCUT2D eigenvalue weighted by atomic mass is 32.2. The highest BCUT2D eigenvalue weighted by Gasteiger charge is 2.36. The molecule has 3 aromatic carbocycles. The molecular weight excluding hydrogens is 416 g/mol. The molecule has 0 fully saturated rings. The number of ether oxygens (including phenoxy) is 1. The molecular formula is C24H18O4S2. The maximum atomic E-state index is 13.3. The minimum Gasteiger partial charge on any atom is -0.417 e. The molecule has 0 aromatic heterocycles. The van der Waals surface area contributed by atoms with E-state index in [0.717, 1.165) is 17.3 Å². The third-order valence-corrected chi connectivity index (χ3v) is 7.23. The molecule has 0 saturated carbocycles. The summed E-state index contributed by atoms with van der Waals surface area (Å²) in [5, 5.41) is -0.553. The number of hydrogen-bond acceptors (Lipinski definition) is 5. The monoisotopic (exact) mass is 434 g/mol. The standard InChI is InChI=1S/C24H18O4S2/c25-24(29-17-18-10-4-1-5-11-18)28-21-16-22(19-12-6-2-7-13-19)30(26,27)23(21)20-14-8-3-9-15-20/h1-16H,17H2. The molecule has 6 heteroatoms. The Kier molecular flexibility index (Phi) is 5.88. The normalized spacial score (nSPS) is 15.0. The van der Waals surface area contributed by atoms with Gasteiger partial charge in [-0.25, -0.2) is 13.2 Å². The summed E-state index contributed by atoms with van der Waals surface area (Å²) in [6.07, 6.45) is 1.44. The molecule has 30 heavy (non-hydrogen) atoms. The van der Waals surface area contributed by atoms with E-state index < -0.39 is 15.1 Å². The first-order chi connectivity index (χ1) is 14.6. The zero-order chi connectivity index (χ0) is 21.0. The van der Waals surface area contributed by atoms with Crippen molar-refractivity contribution in [3.8, 4) is 0 Å². The molecule has 1 aliphatic rings. The molecule has 0 unspecified atom stereocenters. The van der Waals surface area contributed by atoms with Crippen LogP contribution in [0.5, 0.6) is 0 Å². The van der Waals surface area contributed by atoms with Crippen molar-refractivity contribution >= 4 is 36.7 Å². The third kappa shape index (κ3) is 4.25. The van der Waals surface area contributed by atoms with Crippen LogP contribution in [0, 0.1) is 0 Å². The number of carbonyl (C=O) groups excluding carboxylic acids is 1. The van der Waals surface area contributed by atoms with Crippen molar-refractivity contribution in [1.29, 1.82) is 0 Å². The van der Waals surface area contributed by atoms with E-state index in [9.17, 15) is 13.2 Å². The fourth-order valence-electron chi connectivity index (χ4n) is 3.14. The van der Waals surface area contributed by atoms with Crippen LogP contribution in [0.1, 0.15) is 16.7 Å². The van der Waals surface area contributed by atoms with Crippen molar-refractivity contribution in [2.45, 2.75) is 5.75 Å². The summed E-state index contributed by atoms with van der Waals surface area (Å²) < 4.78 is 32.2. The number of benzene rings is 3. The zero-order valence-corrected chi connectivity index (χ0v) is 17.5. The van der Waals surface area contributed by atoms with Gasteiger partial charge in [0.05, 0.1) is 4.91 Å². The second-order valence-corrected chi connectivity index (χ2v) is 9.33. The van der Waals surface area contributed by atoms with Crippen molar-refractivity contribution in [3.05, 3.63) is 120 Å². The lowest BCUT2D eigenvalue weighted by Crippen LogP contribution is -2.04. The minimum atomic E-state index is -3.84. The van der Waals surface area contributed by atoms with Crippen LogP contribution in [0.4, 0.5) is 4.79 Å². The van der Waals surface area contributed by atoms with E-state index in [0.29, 0.717) is 16.9 Å². The molecule has 1 heterocycles. The molecule has 0 spiro atoms. The Morgan fingerprint density at radius 3 is 1.90 bits per heavy atom. The second-order valence-electron chi connectivity index (χ2n) is 6.56. The predicted octanol–water partition coefficient (Wildman–Crippen LogP) is 5.89. The Bertz CT molecular complexity index is 1210. The molecule has 4 rings (SSSR count). The van der Waals surface area contributed by atoms with Crippen LogP contribution in [-0.2, 0) is 20.3 Å². The van der Waals surface area contributed by atoms with Gasteiger partial charge in [-0.15, -0.1) is 0 Å². The van der Waals surface area contributed by atoms with Gasteiger partial charge < -0.3 is 4.74 Å². The van der Waals surface area contributed by atoms with Gasteiger partial charge in [-0.1, -0.05) is 91.0 Å². The van der Waals surface area contributed by atoms with Gasteiger partial charge in [-0.2, -0.15) is 0 Å². The zero-order valence-electron chi connectivity index (χ0n) is 15.9. The number of sulfone groups is 1. The van der Waals surface area contributed by atoms with E-state index in [4.69, 9.17) is 4.74 Å². The Morgan fingerprint density at radius 2 is 1.30 bits per heavy atom. The van der Waals surface area contributed by atoms with Crippen LogP contribution in [0.15, 0.2) is 103 Å². The fraction of sp³-hybridized carbons (Fsp3) is 0.0417. The number of carbonyl (C=O) groups is 1. The van der Waals surface area contributed by atoms with Gasteiger partial charge in [-0.3, -0.25) is 0 Å². The summed E-state index contributed by atoms with van der Waals surface area (Å²) >= 11 is 0.991. The summed E-state index contributed by atoms with van der Waals surface area (Å²) in [7, 11) is -3.84. The highest BCUT2D eigenvalue weighted by Crippen LogP contribution is 2.42. The van der Waals surface area contributed by atoms with E-state index in [1.807, 2.05) is 36.4 Å². The predicted molar refractivity (Wildman–Crippen MR) is 121 cm³/mol. The first kappa shape index (κ1) is 20.2. The summed E-state index contributed by atoms with van der Waals surface area (Å²) in [5.74, 6) is 0.487. The van der Waals surface area contributed by atoms with Crippen LogP contribution in [0.25, 0.3) is 9.81 Å². The van der Waals surface area contributed by atoms with Crippen LogP contribution in [-0.4, -0.2) is 13.7 Å². The van der Waals surface area contributed by atoms with Crippen molar-refractivity contribution in [2.75, 3.05) is 0 Å². The van der Waals surface area contributed by atoms with Crippen LogP contribution >= 0.6 is 11.8 Å². The summed E-state index contributed by atoms with van der Waals surface area (Å²) in [6.45, 7) is 0. The smallest absolute Gasteiger partial charge is 0.373 e. The number of thioether (sulfide) groups is 1. The van der Waals surface area contributed by atoms with Gasteiger partial charge >= 0.3 is 5.30 Å². The molecule has 150 valence electrons. The third-order valence-electron chi connectivity index (χ3n) is 4.53. The number of hydrogen-bond donors (Lipinski definition) is 0. The Morgan fingerprint density at radius 1 is 0.767 bits per heavy atom. The topological polar surface area (TPSA) is 60.4 Å². The lowest BCUT2D eigenvalue weighted by molar-refractivity contribution is 0.208. The molecule has 3 aromatic rings. The summed E-state index contributed by atoms with van der Waals surface area (Å²) in [5.41, 5.74) is 2.01. The average Bonchev–Trinajstić information content (AvgIpc) is 3.04. The molecule has 0 N–H and O–H groups in total. The average molecular weight is 435 g/mol. The Balaban J connectivity index is 1.66. The van der Waals surface area contributed by atoms with Crippen molar-refractivity contribution in [2.24, 2.45) is 0 Å². The van der Waals surface area contributed by atoms with Gasteiger partial charge in [0.15, 0.2) is 5.76 Å². The molecule has 0 radical (unpaired) electrons. The van der Waals surface area contributed by atoms with E-state index in [-0.39, 0.29) is 15.6 Å². The molecule has 0 amide bonds. The fourth-order valence-corrected chi connectivity index (χ4v) is 5.51. The number of rotatable bonds is 5. The van der Waals surface area contributed by atoms with Crippen molar-refractivity contribution in [1.82, 2.24) is 0 Å². The number of allylic oxidation sites excluding steroid dienone is 1. The Hall–Kier alpha value is -3.09. The van der Waals surface area contributed by atoms with Crippen LogP contribution in [0.3, 0.4) is 0 Å². The quantitative estimate of drug-likeness (QED) is 0.468. The second kappa shape index (κ2) is 8.73. The van der Waals surface area contributed by atoms with Gasteiger partial charge in [0, 0.05) is 11.8 Å². The SMILES string of the molecule is O=C(OC1=C(c2ccccc2)S(=O)(=O)C(c2ccccc2)=C1)SCc1ccccc1. The van der Waals surface area contributed by atoms with Crippen LogP contribution < -0.4 is 0 Å². The van der Waals surface area contributed by atoms with Gasteiger partial charge in [0.25, 0.3) is 0 Å². The molecule has 0 aliphatic carbocycles. The highest BCUT2D eigenvalue weighted by molar-refractivity contribution is 8.12. The Labute approximate surface area is 179 Å². The first-order valence-corrected chi connectivity index (χ1v) is 11.7. The maximum absolute atomic E-state index is 13.3. The maximum Gasteiger partial charge on any atom is 0.373 e. The van der Waals surface area contributed by atoms with Crippen molar-refractivity contribution in [3.63, 3.8) is 0 Å². The van der Waals surface area contributed by atoms with E-state index >= 15 is 0 Å². The summed E-state index contributed by atoms with van der Waals surface area (Å²) in [4.78, 5) is 12.6. The van der Waals surface area contributed by atoms with Crippen molar-refractivity contribution < 1.29 is 17.9 Å². The molecule has 1 aliphatic heterocycles. The van der Waals surface area contributed by atoms with E-state index in [2.05, 4.69) is 0 Å². The molecule has 4 nitrogen and oxygen atoms in total. The summed E-state index contributed by atoms with van der Waals surface area (Å²) in [6, 6.07) is 27.0. The van der Waals surface area contributed by atoms with Gasteiger partial charge in [0.1, 0.15) is 4.91 Å².